The number of aromatic nitrogens is 2. The Labute approximate surface area is 146 Å². The van der Waals surface area contributed by atoms with E-state index in [2.05, 4.69) is 14.9 Å². The summed E-state index contributed by atoms with van der Waals surface area (Å²) in [4.78, 5) is 10.8. The molecule has 0 unspecified atom stereocenters. The van der Waals surface area contributed by atoms with Crippen LogP contribution in [0.15, 0.2) is 24.4 Å². The Bertz CT molecular complexity index is 657. The van der Waals surface area contributed by atoms with Crippen LogP contribution in [-0.4, -0.2) is 23.1 Å². The van der Waals surface area contributed by atoms with E-state index in [1.165, 1.54) is 6.42 Å². The third-order valence-corrected chi connectivity index (χ3v) is 4.21. The number of nitrogens with zero attached hydrogens (tertiary/aromatic N) is 3. The van der Waals surface area contributed by atoms with Gasteiger partial charge in [0.15, 0.2) is 0 Å². The average molecular weight is 360 g/mol. The SMILES string of the molecule is Cl.Nc1ncc(-c2ccc(Cl)cc2Cl)c(N2CCCCC2)n1. The van der Waals surface area contributed by atoms with Crippen molar-refractivity contribution in [3.63, 3.8) is 0 Å². The van der Waals surface area contributed by atoms with E-state index in [4.69, 9.17) is 28.9 Å². The van der Waals surface area contributed by atoms with Gasteiger partial charge in [0.2, 0.25) is 5.95 Å². The lowest BCUT2D eigenvalue weighted by Crippen LogP contribution is -2.31. The molecule has 1 aromatic carbocycles. The summed E-state index contributed by atoms with van der Waals surface area (Å²) < 4.78 is 0. The molecule has 0 atom stereocenters. The van der Waals surface area contributed by atoms with Gasteiger partial charge in [0.05, 0.1) is 5.02 Å². The first-order chi connectivity index (χ1) is 10.1. The van der Waals surface area contributed by atoms with Gasteiger partial charge < -0.3 is 10.6 Å². The second kappa shape index (κ2) is 7.36. The van der Waals surface area contributed by atoms with Crippen molar-refractivity contribution in [3.05, 3.63) is 34.4 Å². The fourth-order valence-corrected chi connectivity index (χ4v) is 3.14. The van der Waals surface area contributed by atoms with Gasteiger partial charge in [-0.05, 0) is 31.4 Å². The maximum atomic E-state index is 6.32. The molecular formula is C15H17Cl3N4. The second-order valence-electron chi connectivity index (χ2n) is 5.14. The lowest BCUT2D eigenvalue weighted by Gasteiger charge is -2.29. The van der Waals surface area contributed by atoms with E-state index in [0.717, 1.165) is 42.9 Å². The summed E-state index contributed by atoms with van der Waals surface area (Å²) in [5.41, 5.74) is 7.54. The molecule has 0 bridgehead atoms. The molecule has 0 aliphatic carbocycles. The molecule has 0 saturated carbocycles. The van der Waals surface area contributed by atoms with Crippen molar-refractivity contribution in [2.45, 2.75) is 19.3 Å². The Kier molecular flexibility index (Phi) is 5.73. The molecule has 118 valence electrons. The average Bonchev–Trinajstić information content (AvgIpc) is 2.49. The van der Waals surface area contributed by atoms with Crippen molar-refractivity contribution in [1.29, 1.82) is 0 Å². The predicted octanol–water partition coefficient (Wildman–Crippen LogP) is 4.44. The van der Waals surface area contributed by atoms with Crippen LogP contribution in [0.4, 0.5) is 11.8 Å². The molecular weight excluding hydrogens is 343 g/mol. The van der Waals surface area contributed by atoms with Crippen LogP contribution in [0.1, 0.15) is 19.3 Å². The number of piperidine rings is 1. The van der Waals surface area contributed by atoms with Gasteiger partial charge >= 0.3 is 0 Å². The fourth-order valence-electron chi connectivity index (χ4n) is 2.63. The summed E-state index contributed by atoms with van der Waals surface area (Å²) in [7, 11) is 0. The Morgan fingerprint density at radius 1 is 1.05 bits per heavy atom. The van der Waals surface area contributed by atoms with Gasteiger partial charge in [0.25, 0.3) is 0 Å². The first-order valence-electron chi connectivity index (χ1n) is 6.98. The van der Waals surface area contributed by atoms with E-state index in [9.17, 15) is 0 Å². The van der Waals surface area contributed by atoms with Crippen LogP contribution >= 0.6 is 35.6 Å². The molecule has 1 aliphatic rings. The van der Waals surface area contributed by atoms with Crippen molar-refractivity contribution in [3.8, 4) is 11.1 Å². The highest BCUT2D eigenvalue weighted by Crippen LogP contribution is 2.36. The number of nitrogen functional groups attached to an aromatic ring is 1. The van der Waals surface area contributed by atoms with Crippen molar-refractivity contribution in [2.24, 2.45) is 0 Å². The normalized spacial score (nSPS) is 14.5. The van der Waals surface area contributed by atoms with Gasteiger partial charge in [0.1, 0.15) is 5.82 Å². The van der Waals surface area contributed by atoms with Crippen molar-refractivity contribution < 1.29 is 0 Å². The molecule has 0 spiro atoms. The standard InChI is InChI=1S/C15H16Cl2N4.ClH/c16-10-4-5-11(13(17)8-10)12-9-19-15(18)20-14(12)21-6-2-1-3-7-21;/h4-5,8-9H,1-3,6-7H2,(H2,18,19,20);1H. The minimum absolute atomic E-state index is 0. The molecule has 0 amide bonds. The van der Waals surface area contributed by atoms with Gasteiger partial charge in [-0.2, -0.15) is 4.98 Å². The highest BCUT2D eigenvalue weighted by molar-refractivity contribution is 6.36. The minimum Gasteiger partial charge on any atom is -0.368 e. The van der Waals surface area contributed by atoms with Crippen molar-refractivity contribution in [1.82, 2.24) is 9.97 Å². The molecule has 1 aliphatic heterocycles. The van der Waals surface area contributed by atoms with Gasteiger partial charge in [-0.15, -0.1) is 12.4 Å². The summed E-state index contributed by atoms with van der Waals surface area (Å²) in [5, 5.41) is 1.20. The summed E-state index contributed by atoms with van der Waals surface area (Å²) in [6, 6.07) is 5.45. The first-order valence-corrected chi connectivity index (χ1v) is 7.73. The van der Waals surface area contributed by atoms with Crippen LogP contribution in [0, 0.1) is 0 Å². The molecule has 22 heavy (non-hydrogen) atoms. The summed E-state index contributed by atoms with van der Waals surface area (Å²) >= 11 is 12.3. The van der Waals surface area contributed by atoms with Crippen molar-refractivity contribution >= 4 is 47.4 Å². The lowest BCUT2D eigenvalue weighted by molar-refractivity contribution is 0.574. The van der Waals surface area contributed by atoms with Crippen LogP contribution in [0.25, 0.3) is 11.1 Å². The first kappa shape index (κ1) is 17.1. The molecule has 1 saturated heterocycles. The summed E-state index contributed by atoms with van der Waals surface area (Å²) in [6.45, 7) is 1.96. The largest absolute Gasteiger partial charge is 0.368 e. The van der Waals surface area contributed by atoms with E-state index >= 15 is 0 Å². The van der Waals surface area contributed by atoms with Crippen molar-refractivity contribution in [2.75, 3.05) is 23.7 Å². The van der Waals surface area contributed by atoms with Crippen LogP contribution in [0.3, 0.4) is 0 Å². The number of benzene rings is 1. The third-order valence-electron chi connectivity index (χ3n) is 3.66. The van der Waals surface area contributed by atoms with Crippen LogP contribution in [0.2, 0.25) is 10.0 Å². The number of halogens is 3. The number of nitrogens with two attached hydrogens (primary N) is 1. The van der Waals surface area contributed by atoms with Gasteiger partial charge in [-0.3, -0.25) is 0 Å². The summed E-state index contributed by atoms with van der Waals surface area (Å²) in [6.07, 6.45) is 5.32. The maximum absolute atomic E-state index is 6.32. The molecule has 4 nitrogen and oxygen atoms in total. The van der Waals surface area contributed by atoms with E-state index in [1.54, 1.807) is 12.3 Å². The molecule has 1 aromatic heterocycles. The topological polar surface area (TPSA) is 55.0 Å². The van der Waals surface area contributed by atoms with E-state index in [0.29, 0.717) is 10.0 Å². The molecule has 3 rings (SSSR count). The van der Waals surface area contributed by atoms with Crippen LogP contribution in [0.5, 0.6) is 0 Å². The second-order valence-corrected chi connectivity index (χ2v) is 5.98. The Morgan fingerprint density at radius 2 is 1.77 bits per heavy atom. The highest BCUT2D eigenvalue weighted by atomic mass is 35.5. The quantitative estimate of drug-likeness (QED) is 0.861. The molecule has 2 N–H and O–H groups in total. The number of hydrogen-bond acceptors (Lipinski definition) is 4. The maximum Gasteiger partial charge on any atom is 0.221 e. The Morgan fingerprint density at radius 3 is 2.45 bits per heavy atom. The number of hydrogen-bond donors (Lipinski definition) is 1. The van der Waals surface area contributed by atoms with Gasteiger partial charge in [-0.25, -0.2) is 4.98 Å². The number of rotatable bonds is 2. The molecule has 1 fully saturated rings. The smallest absolute Gasteiger partial charge is 0.221 e. The molecule has 2 aromatic rings. The minimum atomic E-state index is 0. The highest BCUT2D eigenvalue weighted by Gasteiger charge is 2.19. The molecule has 7 heteroatoms. The molecule has 2 heterocycles. The lowest BCUT2D eigenvalue weighted by atomic mass is 10.1. The number of anilines is 2. The van der Waals surface area contributed by atoms with E-state index in [1.807, 2.05) is 12.1 Å². The Hall–Kier alpha value is -1.23. The zero-order chi connectivity index (χ0) is 14.8. The predicted molar refractivity (Wildman–Crippen MR) is 95.2 cm³/mol. The fraction of sp³-hybridized carbons (Fsp3) is 0.333. The monoisotopic (exact) mass is 358 g/mol. The third kappa shape index (κ3) is 3.57. The van der Waals surface area contributed by atoms with E-state index in [-0.39, 0.29) is 18.4 Å². The van der Waals surface area contributed by atoms with E-state index < -0.39 is 0 Å². The molecule has 0 radical (unpaired) electrons. The van der Waals surface area contributed by atoms with Crippen LogP contribution in [-0.2, 0) is 0 Å². The van der Waals surface area contributed by atoms with Crippen LogP contribution < -0.4 is 10.6 Å². The van der Waals surface area contributed by atoms with Gasteiger partial charge in [0, 0.05) is 35.4 Å². The zero-order valence-electron chi connectivity index (χ0n) is 11.9. The Balaban J connectivity index is 0.00000176. The zero-order valence-corrected chi connectivity index (χ0v) is 14.3. The van der Waals surface area contributed by atoms with Gasteiger partial charge in [-0.1, -0.05) is 29.3 Å². The summed E-state index contributed by atoms with van der Waals surface area (Å²) in [5.74, 6) is 1.14.